The topological polar surface area (TPSA) is 80.2 Å². The highest BCUT2D eigenvalue weighted by Gasteiger charge is 2.51. The zero-order chi connectivity index (χ0) is 20.1. The summed E-state index contributed by atoms with van der Waals surface area (Å²) in [5.74, 6) is 1.56. The van der Waals surface area contributed by atoms with Gasteiger partial charge in [0.25, 0.3) is 5.91 Å². The number of urea groups is 1. The van der Waals surface area contributed by atoms with Crippen LogP contribution in [0.15, 0.2) is 23.3 Å². The number of methoxy groups -OCH3 is 1. The lowest BCUT2D eigenvalue weighted by Crippen LogP contribution is -2.48. The Labute approximate surface area is 166 Å². The van der Waals surface area contributed by atoms with Crippen molar-refractivity contribution in [3.05, 3.63) is 23.8 Å². The van der Waals surface area contributed by atoms with Crippen LogP contribution in [0.5, 0.6) is 11.5 Å². The number of hydrogen-bond acceptors (Lipinski definition) is 5. The van der Waals surface area contributed by atoms with Crippen LogP contribution in [-0.2, 0) is 4.79 Å². The molecule has 1 aliphatic carbocycles. The molecule has 3 rings (SSSR count). The van der Waals surface area contributed by atoms with Crippen molar-refractivity contribution in [1.29, 1.82) is 0 Å². The van der Waals surface area contributed by atoms with Gasteiger partial charge in [0.1, 0.15) is 5.54 Å². The second kappa shape index (κ2) is 8.63. The molecular formula is C21H29N3O4. The lowest BCUT2D eigenvalue weighted by atomic mass is 9.82. The van der Waals surface area contributed by atoms with E-state index in [-0.39, 0.29) is 5.91 Å². The molecule has 0 bridgehead atoms. The second-order valence-electron chi connectivity index (χ2n) is 7.88. The van der Waals surface area contributed by atoms with Crippen molar-refractivity contribution in [2.75, 3.05) is 13.7 Å². The molecule has 0 atom stereocenters. The molecule has 0 aromatic heterocycles. The highest BCUT2D eigenvalue weighted by Crippen LogP contribution is 2.34. The number of rotatable bonds is 7. The van der Waals surface area contributed by atoms with Crippen molar-refractivity contribution in [1.82, 2.24) is 10.3 Å². The summed E-state index contributed by atoms with van der Waals surface area (Å²) in [7, 11) is 1.58. The van der Waals surface area contributed by atoms with Crippen molar-refractivity contribution >= 4 is 18.2 Å². The van der Waals surface area contributed by atoms with Crippen LogP contribution in [0.4, 0.5) is 4.79 Å². The van der Waals surface area contributed by atoms with E-state index in [4.69, 9.17) is 9.47 Å². The van der Waals surface area contributed by atoms with Gasteiger partial charge in [-0.25, -0.2) is 4.79 Å². The Hall–Kier alpha value is -2.57. The van der Waals surface area contributed by atoms with Gasteiger partial charge >= 0.3 is 6.03 Å². The van der Waals surface area contributed by atoms with E-state index in [2.05, 4.69) is 24.3 Å². The van der Waals surface area contributed by atoms with E-state index in [1.54, 1.807) is 13.2 Å². The molecule has 1 aromatic carbocycles. The largest absolute Gasteiger partial charge is 0.493 e. The first-order chi connectivity index (χ1) is 13.4. The Morgan fingerprint density at radius 3 is 2.64 bits per heavy atom. The Morgan fingerprint density at radius 1 is 1.21 bits per heavy atom. The number of nitrogens with one attached hydrogen (secondary N) is 1. The van der Waals surface area contributed by atoms with Crippen LogP contribution in [-0.4, -0.2) is 42.4 Å². The first-order valence-corrected chi connectivity index (χ1v) is 9.97. The van der Waals surface area contributed by atoms with Gasteiger partial charge < -0.3 is 14.8 Å². The normalized spacial score (nSPS) is 18.9. The zero-order valence-electron chi connectivity index (χ0n) is 16.9. The van der Waals surface area contributed by atoms with E-state index >= 15 is 0 Å². The van der Waals surface area contributed by atoms with Crippen molar-refractivity contribution in [3.8, 4) is 11.5 Å². The van der Waals surface area contributed by atoms with Gasteiger partial charge in [0, 0.05) is 0 Å². The van der Waals surface area contributed by atoms with Crippen LogP contribution in [0.1, 0.15) is 57.9 Å². The maximum Gasteiger partial charge on any atom is 0.346 e. The predicted molar refractivity (Wildman–Crippen MR) is 107 cm³/mol. The van der Waals surface area contributed by atoms with E-state index in [1.165, 1.54) is 6.21 Å². The number of carbonyl (C=O) groups excluding carboxylic acids is 2. The summed E-state index contributed by atoms with van der Waals surface area (Å²) in [5, 5.41) is 7.94. The van der Waals surface area contributed by atoms with Crippen LogP contribution < -0.4 is 14.8 Å². The summed E-state index contributed by atoms with van der Waals surface area (Å²) < 4.78 is 11.2. The maximum atomic E-state index is 12.7. The third-order valence-electron chi connectivity index (χ3n) is 5.31. The summed E-state index contributed by atoms with van der Waals surface area (Å²) in [4.78, 5) is 25.0. The molecular weight excluding hydrogens is 358 g/mol. The average molecular weight is 387 g/mol. The van der Waals surface area contributed by atoms with Crippen molar-refractivity contribution in [2.45, 2.75) is 57.9 Å². The minimum Gasteiger partial charge on any atom is -0.493 e. The van der Waals surface area contributed by atoms with Crippen molar-refractivity contribution < 1.29 is 19.1 Å². The Morgan fingerprint density at radius 2 is 1.96 bits per heavy atom. The minimum atomic E-state index is -0.765. The minimum absolute atomic E-state index is 0.256. The Kier molecular flexibility index (Phi) is 6.21. The lowest BCUT2D eigenvalue weighted by Gasteiger charge is -2.29. The first kappa shape index (κ1) is 20.2. The number of amides is 3. The van der Waals surface area contributed by atoms with Crippen molar-refractivity contribution in [2.24, 2.45) is 11.0 Å². The molecule has 1 heterocycles. The second-order valence-corrected chi connectivity index (χ2v) is 7.88. The molecule has 7 heteroatoms. The van der Waals surface area contributed by atoms with Crippen LogP contribution in [0.2, 0.25) is 0 Å². The average Bonchev–Trinajstić information content (AvgIpc) is 2.90. The number of carbonyl (C=O) groups is 2. The van der Waals surface area contributed by atoms with Crippen LogP contribution in [0.25, 0.3) is 0 Å². The number of hydrogen-bond donors (Lipinski definition) is 1. The summed E-state index contributed by atoms with van der Waals surface area (Å²) in [6.07, 6.45) is 6.80. The Bertz CT molecular complexity index is 754. The number of nitrogens with zero attached hydrogens (tertiary/aromatic N) is 2. The molecule has 152 valence electrons. The molecule has 2 fully saturated rings. The molecule has 0 unspecified atom stereocenters. The molecule has 1 saturated heterocycles. The fraction of sp³-hybridized carbons (Fsp3) is 0.571. The van der Waals surface area contributed by atoms with E-state index in [0.29, 0.717) is 36.9 Å². The fourth-order valence-electron chi connectivity index (χ4n) is 3.62. The molecule has 0 radical (unpaired) electrons. The lowest BCUT2D eigenvalue weighted by molar-refractivity contribution is -0.132. The fourth-order valence-corrected chi connectivity index (χ4v) is 3.62. The maximum absolute atomic E-state index is 12.7. The van der Waals surface area contributed by atoms with Gasteiger partial charge in [-0.2, -0.15) is 5.10 Å². The van der Waals surface area contributed by atoms with Gasteiger partial charge in [0.05, 0.1) is 19.9 Å². The third-order valence-corrected chi connectivity index (χ3v) is 5.31. The van der Waals surface area contributed by atoms with E-state index in [0.717, 1.165) is 36.3 Å². The highest BCUT2D eigenvalue weighted by atomic mass is 16.5. The summed E-state index contributed by atoms with van der Waals surface area (Å²) >= 11 is 0. The molecule has 1 aromatic rings. The van der Waals surface area contributed by atoms with E-state index in [1.807, 2.05) is 12.1 Å². The first-order valence-electron chi connectivity index (χ1n) is 9.97. The van der Waals surface area contributed by atoms with Gasteiger partial charge in [0.15, 0.2) is 11.5 Å². The van der Waals surface area contributed by atoms with E-state index < -0.39 is 11.6 Å². The highest BCUT2D eigenvalue weighted by molar-refractivity contribution is 6.07. The molecule has 1 N–H and O–H groups in total. The van der Waals surface area contributed by atoms with Gasteiger partial charge in [-0.15, -0.1) is 5.01 Å². The van der Waals surface area contributed by atoms with Gasteiger partial charge in [-0.1, -0.05) is 33.1 Å². The third kappa shape index (κ3) is 4.29. The molecule has 3 amide bonds. The molecule has 2 aliphatic rings. The van der Waals surface area contributed by atoms with Crippen LogP contribution in [0, 0.1) is 5.92 Å². The smallest absolute Gasteiger partial charge is 0.346 e. The van der Waals surface area contributed by atoms with Gasteiger partial charge in [-0.05, 0) is 48.9 Å². The summed E-state index contributed by atoms with van der Waals surface area (Å²) in [6.45, 7) is 4.91. The monoisotopic (exact) mass is 387 g/mol. The SMILES string of the molecule is COc1cc(C=NN2C(=O)NC3(CCCCC3)C2=O)ccc1OCCC(C)C. The van der Waals surface area contributed by atoms with E-state index in [9.17, 15) is 9.59 Å². The molecule has 28 heavy (non-hydrogen) atoms. The standard InChI is InChI=1S/C21H29N3O4/c1-15(2)9-12-28-17-8-7-16(13-18(17)27-3)14-22-24-19(25)21(23-20(24)26)10-5-4-6-11-21/h7-8,13-15H,4-6,9-12H2,1-3H3,(H,23,26). The zero-order valence-corrected chi connectivity index (χ0v) is 16.9. The quantitative estimate of drug-likeness (QED) is 0.571. The summed E-state index contributed by atoms with van der Waals surface area (Å²) in [5.41, 5.74) is -0.0448. The number of benzene rings is 1. The molecule has 1 spiro atoms. The molecule has 1 saturated carbocycles. The molecule has 1 aliphatic heterocycles. The Balaban J connectivity index is 1.69. The van der Waals surface area contributed by atoms with Crippen LogP contribution >= 0.6 is 0 Å². The molecule has 7 nitrogen and oxygen atoms in total. The number of ether oxygens (including phenoxy) is 2. The number of hydrazone groups is 1. The summed E-state index contributed by atoms with van der Waals surface area (Å²) in [6, 6.07) is 4.97. The van der Waals surface area contributed by atoms with Crippen molar-refractivity contribution in [3.63, 3.8) is 0 Å². The van der Waals surface area contributed by atoms with Gasteiger partial charge in [-0.3, -0.25) is 4.79 Å². The predicted octanol–water partition coefficient (Wildman–Crippen LogP) is 3.71. The van der Waals surface area contributed by atoms with Gasteiger partial charge in [0.2, 0.25) is 0 Å². The van der Waals surface area contributed by atoms with Crippen LogP contribution in [0.3, 0.4) is 0 Å². The number of imide groups is 1.